The molecule has 0 saturated heterocycles. The fourth-order valence-electron chi connectivity index (χ4n) is 2.06. The molecule has 0 heterocycles. The van der Waals surface area contributed by atoms with Gasteiger partial charge in [0.15, 0.2) is 0 Å². The predicted molar refractivity (Wildman–Crippen MR) is 63.8 cm³/mol. The molecule has 0 aromatic heterocycles. The second-order valence-electron chi connectivity index (χ2n) is 4.35. The summed E-state index contributed by atoms with van der Waals surface area (Å²) in [6, 6.07) is 6.54. The second-order valence-corrected chi connectivity index (χ2v) is 4.35. The highest BCUT2D eigenvalue weighted by Crippen LogP contribution is 2.28. The van der Waals surface area contributed by atoms with Gasteiger partial charge in [-0.2, -0.15) is 0 Å². The first kappa shape index (κ1) is 10.4. The van der Waals surface area contributed by atoms with Gasteiger partial charge in [-0.25, -0.2) is 0 Å². The van der Waals surface area contributed by atoms with E-state index in [0.717, 1.165) is 19.3 Å². The maximum Gasteiger partial charge on any atom is 0.0868 e. The summed E-state index contributed by atoms with van der Waals surface area (Å²) in [7, 11) is 0. The summed E-state index contributed by atoms with van der Waals surface area (Å²) in [5, 5.41) is 10.2. The minimum atomic E-state index is -0.624. The molecule has 0 radical (unpaired) electrons. The van der Waals surface area contributed by atoms with Crippen molar-refractivity contribution in [1.82, 2.24) is 0 Å². The van der Waals surface area contributed by atoms with Crippen molar-refractivity contribution in [3.05, 3.63) is 41.0 Å². The third-order valence-electron chi connectivity index (χ3n) is 3.30. The van der Waals surface area contributed by atoms with Crippen LogP contribution in [-0.4, -0.2) is 10.7 Å². The van der Waals surface area contributed by atoms with Crippen molar-refractivity contribution in [2.24, 2.45) is 0 Å². The van der Waals surface area contributed by atoms with E-state index >= 15 is 0 Å². The Bertz CT molecular complexity index is 392. The van der Waals surface area contributed by atoms with Gasteiger partial charge >= 0.3 is 0 Å². The lowest BCUT2D eigenvalue weighted by Gasteiger charge is -2.27. The van der Waals surface area contributed by atoms with E-state index in [1.165, 1.54) is 16.7 Å². The van der Waals surface area contributed by atoms with Gasteiger partial charge in [-0.15, -0.1) is 0 Å². The Balaban J connectivity index is 2.36. The normalized spacial score (nSPS) is 23.9. The SMILES string of the molecule is CCc1ccc2c(c1)C=CC(O)(CC)C2. The monoisotopic (exact) mass is 202 g/mol. The van der Waals surface area contributed by atoms with Crippen molar-refractivity contribution >= 4 is 6.08 Å². The van der Waals surface area contributed by atoms with E-state index in [1.807, 2.05) is 13.0 Å². The Labute approximate surface area is 91.4 Å². The van der Waals surface area contributed by atoms with Gasteiger partial charge in [0.2, 0.25) is 0 Å². The zero-order chi connectivity index (χ0) is 10.9. The lowest BCUT2D eigenvalue weighted by atomic mass is 9.84. The maximum atomic E-state index is 10.2. The minimum absolute atomic E-state index is 0.624. The van der Waals surface area contributed by atoms with E-state index in [2.05, 4.69) is 31.2 Å². The molecule has 0 amide bonds. The third kappa shape index (κ3) is 1.98. The molecule has 0 aliphatic heterocycles. The summed E-state index contributed by atoms with van der Waals surface area (Å²) in [4.78, 5) is 0. The van der Waals surface area contributed by atoms with Crippen LogP contribution < -0.4 is 0 Å². The molecule has 1 heteroatoms. The van der Waals surface area contributed by atoms with E-state index in [1.54, 1.807) is 0 Å². The number of aliphatic hydroxyl groups is 1. The predicted octanol–water partition coefficient (Wildman–Crippen LogP) is 2.96. The number of hydrogen-bond acceptors (Lipinski definition) is 1. The molecule has 15 heavy (non-hydrogen) atoms. The van der Waals surface area contributed by atoms with Gasteiger partial charge < -0.3 is 5.11 Å². The lowest BCUT2D eigenvalue weighted by molar-refractivity contribution is 0.0867. The Hall–Kier alpha value is -1.08. The summed E-state index contributed by atoms with van der Waals surface area (Å²) in [6.45, 7) is 4.19. The summed E-state index contributed by atoms with van der Waals surface area (Å²) in [5.41, 5.74) is 3.27. The third-order valence-corrected chi connectivity index (χ3v) is 3.30. The fourth-order valence-corrected chi connectivity index (χ4v) is 2.06. The topological polar surface area (TPSA) is 20.2 Å². The standard InChI is InChI=1S/C14H18O/c1-3-11-5-6-13-10-14(15,4-2)8-7-12(13)9-11/h5-9,15H,3-4,10H2,1-2H3. The van der Waals surface area contributed by atoms with Crippen molar-refractivity contribution in [3.63, 3.8) is 0 Å². The Morgan fingerprint density at radius 1 is 1.33 bits per heavy atom. The largest absolute Gasteiger partial charge is 0.385 e. The van der Waals surface area contributed by atoms with Gasteiger partial charge in [0.05, 0.1) is 5.60 Å². The van der Waals surface area contributed by atoms with E-state index in [0.29, 0.717) is 0 Å². The molecule has 1 unspecified atom stereocenters. The summed E-state index contributed by atoms with van der Waals surface area (Å²) in [6.07, 6.45) is 6.59. The summed E-state index contributed by atoms with van der Waals surface area (Å²) < 4.78 is 0. The highest BCUT2D eigenvalue weighted by atomic mass is 16.3. The first-order valence-corrected chi connectivity index (χ1v) is 5.70. The molecule has 0 fully saturated rings. The Morgan fingerprint density at radius 2 is 2.13 bits per heavy atom. The van der Waals surface area contributed by atoms with Crippen LogP contribution in [0, 0.1) is 0 Å². The average Bonchev–Trinajstić information content (AvgIpc) is 2.28. The molecule has 0 saturated carbocycles. The lowest BCUT2D eigenvalue weighted by Crippen LogP contribution is -2.30. The second kappa shape index (κ2) is 3.82. The molecule has 80 valence electrons. The number of aryl methyl sites for hydroxylation is 1. The molecule has 1 nitrogen and oxygen atoms in total. The van der Waals surface area contributed by atoms with Crippen LogP contribution in [0.3, 0.4) is 0 Å². The minimum Gasteiger partial charge on any atom is -0.385 e. The number of benzene rings is 1. The molecule has 1 atom stereocenters. The molecular formula is C14H18O. The molecule has 0 spiro atoms. The van der Waals surface area contributed by atoms with Crippen molar-refractivity contribution in [3.8, 4) is 0 Å². The van der Waals surface area contributed by atoms with Crippen LogP contribution in [0.1, 0.15) is 37.0 Å². The van der Waals surface area contributed by atoms with Gasteiger partial charge in [-0.05, 0) is 29.5 Å². The van der Waals surface area contributed by atoms with Crippen LogP contribution in [0.4, 0.5) is 0 Å². The van der Waals surface area contributed by atoms with Crippen LogP contribution in [-0.2, 0) is 12.8 Å². The Morgan fingerprint density at radius 3 is 2.80 bits per heavy atom. The molecule has 1 aliphatic carbocycles. The average molecular weight is 202 g/mol. The van der Waals surface area contributed by atoms with Gasteiger partial charge in [0.25, 0.3) is 0 Å². The van der Waals surface area contributed by atoms with Crippen LogP contribution >= 0.6 is 0 Å². The summed E-state index contributed by atoms with van der Waals surface area (Å²) in [5.74, 6) is 0. The van der Waals surface area contributed by atoms with Crippen LogP contribution in [0.25, 0.3) is 6.08 Å². The van der Waals surface area contributed by atoms with Crippen molar-refractivity contribution in [1.29, 1.82) is 0 Å². The number of fused-ring (bicyclic) bond motifs is 1. The molecule has 1 aromatic rings. The quantitative estimate of drug-likeness (QED) is 0.781. The molecule has 1 aliphatic rings. The number of rotatable bonds is 2. The van der Waals surface area contributed by atoms with Gasteiger partial charge in [0.1, 0.15) is 0 Å². The van der Waals surface area contributed by atoms with E-state index in [-0.39, 0.29) is 0 Å². The van der Waals surface area contributed by atoms with E-state index in [4.69, 9.17) is 0 Å². The first-order chi connectivity index (χ1) is 7.17. The van der Waals surface area contributed by atoms with Crippen LogP contribution in [0.15, 0.2) is 24.3 Å². The van der Waals surface area contributed by atoms with Crippen molar-refractivity contribution in [2.45, 2.75) is 38.7 Å². The number of hydrogen-bond donors (Lipinski definition) is 1. The molecule has 0 bridgehead atoms. The summed E-state index contributed by atoms with van der Waals surface area (Å²) >= 11 is 0. The van der Waals surface area contributed by atoms with Gasteiger partial charge in [-0.3, -0.25) is 0 Å². The molecule has 2 rings (SSSR count). The van der Waals surface area contributed by atoms with E-state index < -0.39 is 5.60 Å². The maximum absolute atomic E-state index is 10.2. The fraction of sp³-hybridized carbons (Fsp3) is 0.429. The first-order valence-electron chi connectivity index (χ1n) is 5.70. The van der Waals surface area contributed by atoms with Crippen molar-refractivity contribution in [2.75, 3.05) is 0 Å². The molecule has 1 aromatic carbocycles. The van der Waals surface area contributed by atoms with Crippen molar-refractivity contribution < 1.29 is 5.11 Å². The smallest absolute Gasteiger partial charge is 0.0868 e. The zero-order valence-corrected chi connectivity index (χ0v) is 9.46. The molecular weight excluding hydrogens is 184 g/mol. The zero-order valence-electron chi connectivity index (χ0n) is 9.46. The highest BCUT2D eigenvalue weighted by Gasteiger charge is 2.25. The van der Waals surface area contributed by atoms with Gasteiger partial charge in [0, 0.05) is 6.42 Å². The highest BCUT2D eigenvalue weighted by molar-refractivity contribution is 5.59. The molecule has 1 N–H and O–H groups in total. The van der Waals surface area contributed by atoms with Crippen LogP contribution in [0.2, 0.25) is 0 Å². The van der Waals surface area contributed by atoms with E-state index in [9.17, 15) is 5.11 Å². The Kier molecular flexibility index (Phi) is 2.66. The van der Waals surface area contributed by atoms with Gasteiger partial charge in [-0.1, -0.05) is 44.2 Å². The van der Waals surface area contributed by atoms with Crippen LogP contribution in [0.5, 0.6) is 0 Å².